The van der Waals surface area contributed by atoms with Gasteiger partial charge in [0.2, 0.25) is 0 Å². The van der Waals surface area contributed by atoms with E-state index < -0.39 is 0 Å². The molecule has 0 radical (unpaired) electrons. The van der Waals surface area contributed by atoms with Crippen molar-refractivity contribution in [3.05, 3.63) is 58.4 Å². The zero-order chi connectivity index (χ0) is 18.0. The summed E-state index contributed by atoms with van der Waals surface area (Å²) in [5.41, 5.74) is 4.74. The molecular formula is C17H16ClFN2O3S. The van der Waals surface area contributed by atoms with E-state index in [1.165, 1.54) is 30.1 Å². The molecule has 0 fully saturated rings. The van der Waals surface area contributed by atoms with E-state index in [2.05, 4.69) is 10.2 Å². The maximum atomic E-state index is 13.3. The average Bonchev–Trinajstić information content (AvgIpc) is 3.00. The SMILES string of the molecule is CSNCC1NOC(c2cc(Cl)c(O)cc2O)=C1c1ccc(F)cc1. The molecule has 1 atom stereocenters. The van der Waals surface area contributed by atoms with Gasteiger partial charge < -0.3 is 15.1 Å². The van der Waals surface area contributed by atoms with Crippen molar-refractivity contribution in [1.29, 1.82) is 0 Å². The van der Waals surface area contributed by atoms with E-state index in [0.717, 1.165) is 17.2 Å². The van der Waals surface area contributed by atoms with Crippen LogP contribution in [0.4, 0.5) is 4.39 Å². The monoisotopic (exact) mass is 382 g/mol. The molecule has 0 spiro atoms. The molecule has 0 saturated heterocycles. The van der Waals surface area contributed by atoms with E-state index in [1.54, 1.807) is 12.1 Å². The summed E-state index contributed by atoms with van der Waals surface area (Å²) in [7, 11) is 0. The van der Waals surface area contributed by atoms with Gasteiger partial charge in [-0.25, -0.2) is 4.39 Å². The summed E-state index contributed by atoms with van der Waals surface area (Å²) in [4.78, 5) is 5.61. The van der Waals surface area contributed by atoms with Gasteiger partial charge in [-0.2, -0.15) is 0 Å². The Labute approximate surface area is 153 Å². The molecule has 1 aliphatic heterocycles. The number of aromatic hydroxyl groups is 2. The van der Waals surface area contributed by atoms with Crippen molar-refractivity contribution in [3.63, 3.8) is 0 Å². The van der Waals surface area contributed by atoms with Gasteiger partial charge >= 0.3 is 0 Å². The number of phenolic OH excluding ortho intramolecular Hbond substituents is 2. The standard InChI is InChI=1S/C17H16ClFN2O3S/c1-25-20-8-13-16(9-2-4-10(19)5-3-9)17(24-21-13)11-6-12(18)15(23)7-14(11)22/h2-7,13,20-23H,8H2,1H3. The van der Waals surface area contributed by atoms with Crippen molar-refractivity contribution in [2.45, 2.75) is 6.04 Å². The quantitative estimate of drug-likeness (QED) is 0.593. The number of hydrogen-bond donors (Lipinski definition) is 4. The van der Waals surface area contributed by atoms with Gasteiger partial charge in [0, 0.05) is 18.2 Å². The predicted octanol–water partition coefficient (Wildman–Crippen LogP) is 3.53. The maximum absolute atomic E-state index is 13.3. The Morgan fingerprint density at radius 3 is 2.64 bits per heavy atom. The number of nitrogens with one attached hydrogen (secondary N) is 2. The lowest BCUT2D eigenvalue weighted by molar-refractivity contribution is 0.163. The van der Waals surface area contributed by atoms with E-state index >= 15 is 0 Å². The van der Waals surface area contributed by atoms with Crippen LogP contribution < -0.4 is 10.2 Å². The molecule has 0 aliphatic carbocycles. The van der Waals surface area contributed by atoms with Crippen molar-refractivity contribution in [1.82, 2.24) is 10.2 Å². The highest BCUT2D eigenvalue weighted by Gasteiger charge is 2.31. The van der Waals surface area contributed by atoms with E-state index in [-0.39, 0.29) is 28.4 Å². The summed E-state index contributed by atoms with van der Waals surface area (Å²) in [5.74, 6) is -0.360. The summed E-state index contributed by atoms with van der Waals surface area (Å²) in [6, 6.07) is 8.38. The van der Waals surface area contributed by atoms with E-state index in [9.17, 15) is 14.6 Å². The molecule has 132 valence electrons. The normalized spacial score (nSPS) is 17.0. The largest absolute Gasteiger partial charge is 0.507 e. The summed E-state index contributed by atoms with van der Waals surface area (Å²) in [5, 5.41) is 19.9. The van der Waals surface area contributed by atoms with Crippen LogP contribution in [0.25, 0.3) is 11.3 Å². The van der Waals surface area contributed by atoms with Crippen molar-refractivity contribution in [2.24, 2.45) is 0 Å². The van der Waals surface area contributed by atoms with Crippen LogP contribution in [0.5, 0.6) is 11.5 Å². The average molecular weight is 383 g/mol. The molecule has 0 saturated carbocycles. The summed E-state index contributed by atoms with van der Waals surface area (Å²) >= 11 is 7.43. The van der Waals surface area contributed by atoms with Crippen LogP contribution >= 0.6 is 23.5 Å². The van der Waals surface area contributed by atoms with Gasteiger partial charge in [-0.1, -0.05) is 35.7 Å². The number of halogens is 2. The first-order chi connectivity index (χ1) is 12.0. The fourth-order valence-electron chi connectivity index (χ4n) is 2.61. The second-order valence-corrected chi connectivity index (χ2v) is 6.50. The van der Waals surface area contributed by atoms with Crippen molar-refractivity contribution < 1.29 is 19.4 Å². The second kappa shape index (κ2) is 7.53. The zero-order valence-corrected chi connectivity index (χ0v) is 14.8. The fraction of sp³-hybridized carbons (Fsp3) is 0.176. The fourth-order valence-corrected chi connectivity index (χ4v) is 3.10. The Morgan fingerprint density at radius 1 is 1.24 bits per heavy atom. The van der Waals surface area contributed by atoms with Crippen LogP contribution in [-0.2, 0) is 4.84 Å². The molecule has 0 bridgehead atoms. The highest BCUT2D eigenvalue weighted by atomic mass is 35.5. The van der Waals surface area contributed by atoms with Gasteiger partial charge in [-0.3, -0.25) is 4.72 Å². The highest BCUT2D eigenvalue weighted by Crippen LogP contribution is 2.41. The van der Waals surface area contributed by atoms with Crippen LogP contribution in [0.1, 0.15) is 11.1 Å². The Morgan fingerprint density at radius 2 is 1.96 bits per heavy atom. The van der Waals surface area contributed by atoms with Crippen LogP contribution in [0, 0.1) is 5.82 Å². The van der Waals surface area contributed by atoms with E-state index in [1.807, 2.05) is 6.26 Å². The smallest absolute Gasteiger partial charge is 0.163 e. The molecule has 0 amide bonds. The lowest BCUT2D eigenvalue weighted by Gasteiger charge is -2.13. The van der Waals surface area contributed by atoms with Crippen LogP contribution in [-0.4, -0.2) is 29.1 Å². The van der Waals surface area contributed by atoms with E-state index in [0.29, 0.717) is 17.9 Å². The molecular weight excluding hydrogens is 367 g/mol. The molecule has 4 N–H and O–H groups in total. The summed E-state index contributed by atoms with van der Waals surface area (Å²) in [6.45, 7) is 0.546. The lowest BCUT2D eigenvalue weighted by atomic mass is 9.95. The molecule has 8 heteroatoms. The molecule has 1 unspecified atom stereocenters. The number of rotatable bonds is 5. The molecule has 1 heterocycles. The minimum atomic E-state index is -0.341. The van der Waals surface area contributed by atoms with Gasteiger partial charge in [0.25, 0.3) is 0 Å². The number of benzene rings is 2. The first-order valence-corrected chi connectivity index (χ1v) is 9.01. The third-order valence-electron chi connectivity index (χ3n) is 3.79. The first kappa shape index (κ1) is 17.9. The van der Waals surface area contributed by atoms with Crippen molar-refractivity contribution in [2.75, 3.05) is 12.8 Å². The molecule has 2 aromatic rings. The summed E-state index contributed by atoms with van der Waals surface area (Å²) < 4.78 is 16.4. The maximum Gasteiger partial charge on any atom is 0.163 e. The van der Waals surface area contributed by atoms with Gasteiger partial charge in [-0.15, -0.1) is 5.48 Å². The first-order valence-electron chi connectivity index (χ1n) is 7.41. The van der Waals surface area contributed by atoms with Crippen molar-refractivity contribution >= 4 is 34.9 Å². The number of hydroxylamine groups is 1. The van der Waals surface area contributed by atoms with E-state index in [4.69, 9.17) is 16.4 Å². The Balaban J connectivity index is 2.13. The molecule has 5 nitrogen and oxygen atoms in total. The molecule has 3 rings (SSSR count). The van der Waals surface area contributed by atoms with Crippen molar-refractivity contribution in [3.8, 4) is 11.5 Å². The van der Waals surface area contributed by atoms with Gasteiger partial charge in [0.1, 0.15) is 17.3 Å². The third-order valence-corrected chi connectivity index (χ3v) is 4.55. The van der Waals surface area contributed by atoms with Crippen LogP contribution in [0.2, 0.25) is 5.02 Å². The third kappa shape index (κ3) is 3.69. The lowest BCUT2D eigenvalue weighted by Crippen LogP contribution is -2.32. The minimum absolute atomic E-state index is 0.0908. The molecule has 1 aliphatic rings. The molecule has 2 aromatic carbocycles. The second-order valence-electron chi connectivity index (χ2n) is 5.40. The summed E-state index contributed by atoms with van der Waals surface area (Å²) in [6.07, 6.45) is 1.91. The Bertz CT molecular complexity index is 814. The minimum Gasteiger partial charge on any atom is -0.507 e. The van der Waals surface area contributed by atoms with Crippen LogP contribution in [0.15, 0.2) is 36.4 Å². The zero-order valence-electron chi connectivity index (χ0n) is 13.2. The van der Waals surface area contributed by atoms with Gasteiger partial charge in [0.15, 0.2) is 5.76 Å². The number of phenols is 2. The topological polar surface area (TPSA) is 73.8 Å². The van der Waals surface area contributed by atoms with Gasteiger partial charge in [-0.05, 0) is 30.0 Å². The Hall–Kier alpha value is -1.93. The molecule has 0 aromatic heterocycles. The Kier molecular flexibility index (Phi) is 5.39. The molecule has 25 heavy (non-hydrogen) atoms. The predicted molar refractivity (Wildman–Crippen MR) is 97.5 cm³/mol. The highest BCUT2D eigenvalue weighted by molar-refractivity contribution is 7.96. The van der Waals surface area contributed by atoms with Crippen LogP contribution in [0.3, 0.4) is 0 Å². The van der Waals surface area contributed by atoms with Gasteiger partial charge in [0.05, 0.1) is 16.6 Å². The number of hydrogen-bond acceptors (Lipinski definition) is 6.